The van der Waals surface area contributed by atoms with Crippen LogP contribution in [-0.2, 0) is 24.2 Å². The van der Waals surface area contributed by atoms with Gasteiger partial charge >= 0.3 is 0 Å². The molecule has 0 spiro atoms. The number of amides is 2. The molecule has 24 heavy (non-hydrogen) atoms. The van der Waals surface area contributed by atoms with Gasteiger partial charge in [-0.1, -0.05) is 30.3 Å². The van der Waals surface area contributed by atoms with E-state index in [9.17, 15) is 18.0 Å². The number of nitrogens with zero attached hydrogens (tertiary/aromatic N) is 1. The SMILES string of the molecule is CS(=O)(=O)CCC(=O)NC(C(=O)N1CCOCC1)c1ccccc1. The van der Waals surface area contributed by atoms with Crippen LogP contribution in [0.4, 0.5) is 0 Å². The Morgan fingerprint density at radius 2 is 1.83 bits per heavy atom. The number of ether oxygens (including phenoxy) is 1. The minimum absolute atomic E-state index is 0.168. The topological polar surface area (TPSA) is 92.8 Å². The molecule has 1 N–H and O–H groups in total. The van der Waals surface area contributed by atoms with Crippen LogP contribution in [0.25, 0.3) is 0 Å². The molecule has 8 heteroatoms. The lowest BCUT2D eigenvalue weighted by Crippen LogP contribution is -2.47. The monoisotopic (exact) mass is 354 g/mol. The van der Waals surface area contributed by atoms with Crippen LogP contribution in [0, 0.1) is 0 Å². The molecular formula is C16H22N2O5S. The minimum atomic E-state index is -3.23. The fourth-order valence-electron chi connectivity index (χ4n) is 2.41. The van der Waals surface area contributed by atoms with E-state index in [1.165, 1.54) is 0 Å². The number of carbonyl (C=O) groups is 2. The number of nitrogens with one attached hydrogen (secondary N) is 1. The van der Waals surface area contributed by atoms with Crippen LogP contribution in [0.2, 0.25) is 0 Å². The van der Waals surface area contributed by atoms with Gasteiger partial charge in [-0.05, 0) is 5.56 Å². The fraction of sp³-hybridized carbons (Fsp3) is 0.500. The summed E-state index contributed by atoms with van der Waals surface area (Å²) in [5.74, 6) is -0.917. The second-order valence-electron chi connectivity index (χ2n) is 5.73. The van der Waals surface area contributed by atoms with Crippen LogP contribution in [0.3, 0.4) is 0 Å². The lowest BCUT2D eigenvalue weighted by molar-refractivity contribution is -0.140. The predicted molar refractivity (Wildman–Crippen MR) is 89.1 cm³/mol. The minimum Gasteiger partial charge on any atom is -0.378 e. The number of morpholine rings is 1. The van der Waals surface area contributed by atoms with Crippen molar-refractivity contribution in [1.29, 1.82) is 0 Å². The van der Waals surface area contributed by atoms with Gasteiger partial charge in [-0.25, -0.2) is 8.42 Å². The first kappa shape index (κ1) is 18.4. The number of hydrogen-bond donors (Lipinski definition) is 1. The molecule has 1 fully saturated rings. The average Bonchev–Trinajstić information content (AvgIpc) is 2.58. The number of hydrogen-bond acceptors (Lipinski definition) is 5. The summed E-state index contributed by atoms with van der Waals surface area (Å²) < 4.78 is 27.7. The van der Waals surface area contributed by atoms with Crippen molar-refractivity contribution in [2.24, 2.45) is 0 Å². The van der Waals surface area contributed by atoms with Gasteiger partial charge in [-0.3, -0.25) is 9.59 Å². The molecule has 1 aliphatic heterocycles. The van der Waals surface area contributed by atoms with E-state index < -0.39 is 21.8 Å². The van der Waals surface area contributed by atoms with E-state index in [0.717, 1.165) is 6.26 Å². The highest BCUT2D eigenvalue weighted by molar-refractivity contribution is 7.90. The highest BCUT2D eigenvalue weighted by Crippen LogP contribution is 2.17. The molecule has 1 atom stereocenters. The van der Waals surface area contributed by atoms with E-state index in [-0.39, 0.29) is 18.1 Å². The summed E-state index contributed by atoms with van der Waals surface area (Å²) in [5, 5.41) is 2.67. The fourth-order valence-corrected chi connectivity index (χ4v) is 2.97. The van der Waals surface area contributed by atoms with Gasteiger partial charge in [0, 0.05) is 25.8 Å². The molecule has 2 rings (SSSR count). The average molecular weight is 354 g/mol. The molecule has 1 heterocycles. The smallest absolute Gasteiger partial charge is 0.249 e. The van der Waals surface area contributed by atoms with Gasteiger partial charge in [0.25, 0.3) is 0 Å². The summed E-state index contributed by atoms with van der Waals surface area (Å²) in [6.45, 7) is 1.88. The molecule has 0 saturated carbocycles. The van der Waals surface area contributed by atoms with Gasteiger partial charge < -0.3 is 15.0 Å². The van der Waals surface area contributed by atoms with Crippen molar-refractivity contribution in [3.05, 3.63) is 35.9 Å². The van der Waals surface area contributed by atoms with Gasteiger partial charge in [0.05, 0.1) is 19.0 Å². The lowest BCUT2D eigenvalue weighted by atomic mass is 10.0. The maximum atomic E-state index is 12.8. The molecule has 0 bridgehead atoms. The number of benzene rings is 1. The Labute approximate surface area is 141 Å². The van der Waals surface area contributed by atoms with E-state index >= 15 is 0 Å². The first-order chi connectivity index (χ1) is 11.4. The quantitative estimate of drug-likeness (QED) is 0.784. The number of rotatable bonds is 6. The summed E-state index contributed by atoms with van der Waals surface area (Å²) in [4.78, 5) is 26.5. The Kier molecular flexibility index (Phi) is 6.33. The molecular weight excluding hydrogens is 332 g/mol. The Bertz CT molecular complexity index is 669. The lowest BCUT2D eigenvalue weighted by Gasteiger charge is -2.31. The zero-order valence-corrected chi connectivity index (χ0v) is 14.4. The van der Waals surface area contributed by atoms with Crippen LogP contribution < -0.4 is 5.32 Å². The van der Waals surface area contributed by atoms with Gasteiger partial charge in [0.15, 0.2) is 0 Å². The van der Waals surface area contributed by atoms with Gasteiger partial charge in [0.2, 0.25) is 11.8 Å². The maximum Gasteiger partial charge on any atom is 0.249 e. The maximum absolute atomic E-state index is 12.8. The third kappa shape index (κ3) is 5.61. The normalized spacial score (nSPS) is 16.5. The standard InChI is InChI=1S/C16H22N2O5S/c1-24(21,22)12-7-14(19)17-15(13-5-3-2-4-6-13)16(20)18-8-10-23-11-9-18/h2-6,15H,7-12H2,1H3,(H,17,19). The van der Waals surface area contributed by atoms with E-state index in [2.05, 4.69) is 5.32 Å². The second-order valence-corrected chi connectivity index (χ2v) is 7.99. The third-order valence-corrected chi connectivity index (χ3v) is 4.65. The summed E-state index contributed by atoms with van der Waals surface area (Å²) >= 11 is 0. The van der Waals surface area contributed by atoms with Crippen LogP contribution in [0.5, 0.6) is 0 Å². The molecule has 7 nitrogen and oxygen atoms in total. The van der Waals surface area contributed by atoms with Crippen molar-refractivity contribution < 1.29 is 22.7 Å². The molecule has 0 radical (unpaired) electrons. The predicted octanol–water partition coefficient (Wildman–Crippen LogP) is 0.137. The van der Waals surface area contributed by atoms with Gasteiger partial charge in [-0.2, -0.15) is 0 Å². The molecule has 0 aliphatic carbocycles. The Morgan fingerprint density at radius 3 is 2.42 bits per heavy atom. The van der Waals surface area contributed by atoms with Gasteiger partial charge in [-0.15, -0.1) is 0 Å². The Morgan fingerprint density at radius 1 is 1.21 bits per heavy atom. The summed E-state index contributed by atoms with van der Waals surface area (Å²) in [6, 6.07) is 8.11. The summed E-state index contributed by atoms with van der Waals surface area (Å²) in [7, 11) is -3.23. The number of sulfone groups is 1. The van der Waals surface area contributed by atoms with Crippen molar-refractivity contribution in [1.82, 2.24) is 10.2 Å². The van der Waals surface area contributed by atoms with E-state index in [1.807, 2.05) is 6.07 Å². The third-order valence-electron chi connectivity index (χ3n) is 3.71. The Hall–Kier alpha value is -1.93. The van der Waals surface area contributed by atoms with Crippen LogP contribution in [0.15, 0.2) is 30.3 Å². The first-order valence-corrected chi connectivity index (χ1v) is 9.81. The van der Waals surface area contributed by atoms with Crippen molar-refractivity contribution in [2.75, 3.05) is 38.3 Å². The van der Waals surface area contributed by atoms with Crippen LogP contribution in [-0.4, -0.2) is 63.4 Å². The van der Waals surface area contributed by atoms with Crippen LogP contribution in [0.1, 0.15) is 18.0 Å². The van der Waals surface area contributed by atoms with E-state index in [1.54, 1.807) is 29.2 Å². The summed E-state index contributed by atoms with van der Waals surface area (Å²) in [5.41, 5.74) is 0.668. The second kappa shape index (κ2) is 8.25. The van der Waals surface area contributed by atoms with Crippen molar-refractivity contribution in [3.63, 3.8) is 0 Å². The molecule has 1 unspecified atom stereocenters. The number of carbonyl (C=O) groups excluding carboxylic acids is 2. The van der Waals surface area contributed by atoms with E-state index in [0.29, 0.717) is 31.9 Å². The molecule has 1 saturated heterocycles. The highest BCUT2D eigenvalue weighted by Gasteiger charge is 2.28. The Balaban J connectivity index is 2.11. The molecule has 0 aromatic heterocycles. The zero-order valence-electron chi connectivity index (χ0n) is 13.6. The van der Waals surface area contributed by atoms with E-state index in [4.69, 9.17) is 4.74 Å². The van der Waals surface area contributed by atoms with Gasteiger partial charge in [0.1, 0.15) is 15.9 Å². The largest absolute Gasteiger partial charge is 0.378 e. The molecule has 132 valence electrons. The van der Waals surface area contributed by atoms with Crippen molar-refractivity contribution in [2.45, 2.75) is 12.5 Å². The molecule has 1 aromatic rings. The van der Waals surface area contributed by atoms with Crippen LogP contribution >= 0.6 is 0 Å². The summed E-state index contributed by atoms with van der Waals surface area (Å²) in [6.07, 6.45) is 0.909. The van der Waals surface area contributed by atoms with Crippen molar-refractivity contribution >= 4 is 21.7 Å². The van der Waals surface area contributed by atoms with Crippen molar-refractivity contribution in [3.8, 4) is 0 Å². The molecule has 1 aliphatic rings. The molecule has 1 aromatic carbocycles. The highest BCUT2D eigenvalue weighted by atomic mass is 32.2. The molecule has 2 amide bonds. The zero-order chi connectivity index (χ0) is 17.6. The first-order valence-electron chi connectivity index (χ1n) is 7.75.